The molecule has 1 saturated heterocycles. The average Bonchev–Trinajstić information content (AvgIpc) is 3.71. The van der Waals surface area contributed by atoms with Gasteiger partial charge in [0.05, 0.1) is 18.7 Å². The second kappa shape index (κ2) is 10.3. The number of nitrogens with one attached hydrogen (secondary N) is 2. The molecule has 2 atom stereocenters. The molecule has 4 aromatic rings. The molecule has 0 radical (unpaired) electrons. The Bertz CT molecular complexity index is 1440. The Morgan fingerprint density at radius 3 is 2.87 bits per heavy atom. The standard InChI is InChI=1S/C29H36N8O2/c1-29(2,3)23(12-20-13-30-16-31-20)28(38)36-11-9-19-6-4-8-24(22(19)14-36)39-15-21-7-5-10-37(21)27-25-26(33-17-32-25)34-18-35-27/h4,6,8,13,16-18,21,23H,5,7,9-12,14-15H2,1-3H3,(H,30,31)(H,32,33,34,35)/t21-,23?/m1/s1. The molecule has 1 unspecified atom stereocenters. The zero-order chi connectivity index (χ0) is 27.0. The molecule has 0 bridgehead atoms. The van der Waals surface area contributed by atoms with Gasteiger partial charge >= 0.3 is 0 Å². The molecule has 0 spiro atoms. The summed E-state index contributed by atoms with van der Waals surface area (Å²) in [5, 5.41) is 0. The number of carbonyl (C=O) groups is 1. The fraction of sp³-hybridized carbons (Fsp3) is 0.483. The Hall–Kier alpha value is -3.95. The van der Waals surface area contributed by atoms with Crippen molar-refractivity contribution < 1.29 is 9.53 Å². The van der Waals surface area contributed by atoms with Gasteiger partial charge in [0.15, 0.2) is 11.5 Å². The fourth-order valence-electron chi connectivity index (χ4n) is 5.92. The Labute approximate surface area is 228 Å². The van der Waals surface area contributed by atoms with Gasteiger partial charge in [0, 0.05) is 49.4 Å². The van der Waals surface area contributed by atoms with Gasteiger partial charge in [0.1, 0.15) is 24.2 Å². The highest BCUT2D eigenvalue weighted by Crippen LogP contribution is 2.35. The number of nitrogens with zero attached hydrogens (tertiary/aromatic N) is 6. The number of anilines is 1. The quantitative estimate of drug-likeness (QED) is 0.374. The number of rotatable bonds is 7. The minimum atomic E-state index is -0.175. The summed E-state index contributed by atoms with van der Waals surface area (Å²) in [7, 11) is 0. The van der Waals surface area contributed by atoms with Gasteiger partial charge in [-0.1, -0.05) is 32.9 Å². The van der Waals surface area contributed by atoms with E-state index in [1.54, 1.807) is 19.0 Å². The first-order valence-corrected chi connectivity index (χ1v) is 13.8. The molecule has 0 aliphatic carbocycles. The lowest BCUT2D eigenvalue weighted by molar-refractivity contribution is -0.140. The Morgan fingerprint density at radius 1 is 1.15 bits per heavy atom. The summed E-state index contributed by atoms with van der Waals surface area (Å²) >= 11 is 0. The monoisotopic (exact) mass is 528 g/mol. The molecule has 10 heteroatoms. The fourth-order valence-corrected chi connectivity index (χ4v) is 5.92. The predicted molar refractivity (Wildman–Crippen MR) is 148 cm³/mol. The molecule has 39 heavy (non-hydrogen) atoms. The number of aromatic nitrogens is 6. The van der Waals surface area contributed by atoms with Gasteiger partial charge in [0.25, 0.3) is 0 Å². The maximum Gasteiger partial charge on any atom is 0.226 e. The molecule has 204 valence electrons. The first kappa shape index (κ1) is 25.3. The smallest absolute Gasteiger partial charge is 0.226 e. The van der Waals surface area contributed by atoms with E-state index in [1.165, 1.54) is 5.56 Å². The molecule has 2 aliphatic rings. The summed E-state index contributed by atoms with van der Waals surface area (Å²) in [6.45, 7) is 9.17. The second-order valence-electron chi connectivity index (χ2n) is 11.7. The number of ether oxygens (including phenoxy) is 1. The van der Waals surface area contributed by atoms with Gasteiger partial charge in [-0.15, -0.1) is 0 Å². The average molecular weight is 529 g/mol. The summed E-state index contributed by atoms with van der Waals surface area (Å²) in [6, 6.07) is 6.46. The van der Waals surface area contributed by atoms with E-state index in [-0.39, 0.29) is 23.3 Å². The number of H-pyrrole nitrogens is 2. The number of fused-ring (bicyclic) bond motifs is 2. The van der Waals surface area contributed by atoms with E-state index >= 15 is 0 Å². The predicted octanol–water partition coefficient (Wildman–Crippen LogP) is 3.91. The highest BCUT2D eigenvalue weighted by atomic mass is 16.5. The van der Waals surface area contributed by atoms with Crippen molar-refractivity contribution in [2.75, 3.05) is 24.6 Å². The van der Waals surface area contributed by atoms with Gasteiger partial charge in [-0.2, -0.15) is 0 Å². The number of aromatic amines is 2. The van der Waals surface area contributed by atoms with Crippen molar-refractivity contribution in [3.8, 4) is 5.75 Å². The van der Waals surface area contributed by atoms with Crippen molar-refractivity contribution in [2.45, 2.75) is 59.0 Å². The van der Waals surface area contributed by atoms with E-state index in [4.69, 9.17) is 4.74 Å². The van der Waals surface area contributed by atoms with Gasteiger partial charge in [0.2, 0.25) is 5.91 Å². The Morgan fingerprint density at radius 2 is 2.05 bits per heavy atom. The summed E-state index contributed by atoms with van der Waals surface area (Å²) in [4.78, 5) is 41.8. The van der Waals surface area contributed by atoms with Crippen molar-refractivity contribution in [3.05, 3.63) is 60.2 Å². The minimum Gasteiger partial charge on any atom is -0.491 e. The first-order valence-electron chi connectivity index (χ1n) is 13.8. The van der Waals surface area contributed by atoms with E-state index in [0.717, 1.165) is 60.7 Å². The largest absolute Gasteiger partial charge is 0.491 e. The molecule has 2 N–H and O–H groups in total. The van der Waals surface area contributed by atoms with Crippen LogP contribution in [0.15, 0.2) is 43.4 Å². The molecular formula is C29H36N8O2. The van der Waals surface area contributed by atoms with Crippen LogP contribution in [0.1, 0.15) is 50.4 Å². The molecular weight excluding hydrogens is 492 g/mol. The first-order chi connectivity index (χ1) is 18.9. The normalized spacial score (nSPS) is 18.4. The van der Waals surface area contributed by atoms with E-state index in [2.05, 4.69) is 67.7 Å². The van der Waals surface area contributed by atoms with Crippen molar-refractivity contribution in [1.29, 1.82) is 0 Å². The van der Waals surface area contributed by atoms with Crippen LogP contribution in [-0.2, 0) is 24.2 Å². The van der Waals surface area contributed by atoms with Crippen LogP contribution in [0.5, 0.6) is 5.75 Å². The molecule has 0 saturated carbocycles. The highest BCUT2D eigenvalue weighted by molar-refractivity contribution is 5.83. The van der Waals surface area contributed by atoms with Gasteiger partial charge in [-0.25, -0.2) is 19.9 Å². The lowest BCUT2D eigenvalue weighted by atomic mass is 9.77. The number of benzene rings is 1. The number of amides is 1. The number of carbonyl (C=O) groups excluding carboxylic acids is 1. The third-order valence-electron chi connectivity index (χ3n) is 8.15. The molecule has 10 nitrogen and oxygen atoms in total. The van der Waals surface area contributed by atoms with E-state index in [0.29, 0.717) is 25.2 Å². The van der Waals surface area contributed by atoms with Gasteiger partial charge in [-0.05, 0) is 36.3 Å². The van der Waals surface area contributed by atoms with Crippen LogP contribution >= 0.6 is 0 Å². The summed E-state index contributed by atoms with van der Waals surface area (Å²) < 4.78 is 6.51. The van der Waals surface area contributed by atoms with E-state index < -0.39 is 0 Å². The SMILES string of the molecule is CC(C)(C)C(Cc1cnc[nH]1)C(=O)N1CCc2cccc(OC[C@H]3CCCN3c3ncnc4nc[nH]c34)c2C1. The topological polar surface area (TPSA) is 116 Å². The van der Waals surface area contributed by atoms with Crippen molar-refractivity contribution >= 4 is 22.9 Å². The molecule has 3 aromatic heterocycles. The van der Waals surface area contributed by atoms with Crippen LogP contribution in [0, 0.1) is 11.3 Å². The lowest BCUT2D eigenvalue weighted by Gasteiger charge is -2.37. The third-order valence-corrected chi connectivity index (χ3v) is 8.15. The molecule has 5 heterocycles. The van der Waals surface area contributed by atoms with Gasteiger partial charge < -0.3 is 24.5 Å². The van der Waals surface area contributed by atoms with Crippen LogP contribution in [0.4, 0.5) is 5.82 Å². The van der Waals surface area contributed by atoms with Crippen LogP contribution in [-0.4, -0.2) is 66.4 Å². The lowest BCUT2D eigenvalue weighted by Crippen LogP contribution is -2.44. The van der Waals surface area contributed by atoms with E-state index in [1.807, 2.05) is 17.2 Å². The third kappa shape index (κ3) is 5.07. The molecule has 2 aliphatic heterocycles. The summed E-state index contributed by atoms with van der Waals surface area (Å²) in [6.07, 6.45) is 10.3. The maximum absolute atomic E-state index is 13.9. The van der Waals surface area contributed by atoms with Crippen molar-refractivity contribution in [3.63, 3.8) is 0 Å². The number of hydrogen-bond acceptors (Lipinski definition) is 7. The molecule has 6 rings (SSSR count). The zero-order valence-corrected chi connectivity index (χ0v) is 22.9. The van der Waals surface area contributed by atoms with Crippen LogP contribution in [0.25, 0.3) is 11.2 Å². The minimum absolute atomic E-state index is 0.146. The van der Waals surface area contributed by atoms with Gasteiger partial charge in [-0.3, -0.25) is 4.79 Å². The molecule has 1 fully saturated rings. The molecule has 1 aromatic carbocycles. The molecule has 1 amide bonds. The Kier molecular flexibility index (Phi) is 6.70. The Balaban J connectivity index is 1.18. The highest BCUT2D eigenvalue weighted by Gasteiger charge is 2.36. The van der Waals surface area contributed by atoms with E-state index in [9.17, 15) is 4.79 Å². The van der Waals surface area contributed by atoms with Crippen molar-refractivity contribution in [2.24, 2.45) is 11.3 Å². The van der Waals surface area contributed by atoms with Crippen LogP contribution in [0.2, 0.25) is 0 Å². The number of imidazole rings is 2. The summed E-state index contributed by atoms with van der Waals surface area (Å²) in [5.41, 5.74) is 4.73. The van der Waals surface area contributed by atoms with Crippen molar-refractivity contribution in [1.82, 2.24) is 34.8 Å². The number of hydrogen-bond donors (Lipinski definition) is 2. The van der Waals surface area contributed by atoms with Crippen LogP contribution in [0.3, 0.4) is 0 Å². The maximum atomic E-state index is 13.9. The second-order valence-corrected chi connectivity index (χ2v) is 11.7. The summed E-state index contributed by atoms with van der Waals surface area (Å²) in [5.74, 6) is 1.78. The van der Waals surface area contributed by atoms with Crippen LogP contribution < -0.4 is 9.64 Å². The zero-order valence-electron chi connectivity index (χ0n) is 22.9.